The first-order valence-electron chi connectivity index (χ1n) is 6.55. The van der Waals surface area contributed by atoms with Crippen molar-refractivity contribution in [3.63, 3.8) is 0 Å². The first kappa shape index (κ1) is 13.1. The van der Waals surface area contributed by atoms with Crippen molar-refractivity contribution in [1.82, 2.24) is 0 Å². The molecule has 3 nitrogen and oxygen atoms in total. The van der Waals surface area contributed by atoms with E-state index in [4.69, 9.17) is 14.7 Å². The van der Waals surface area contributed by atoms with Crippen LogP contribution < -0.4 is 0 Å². The van der Waals surface area contributed by atoms with Gasteiger partial charge in [0.2, 0.25) is 0 Å². The lowest BCUT2D eigenvalue weighted by molar-refractivity contribution is -0.305. The van der Waals surface area contributed by atoms with E-state index in [0.29, 0.717) is 13.0 Å². The van der Waals surface area contributed by atoms with Crippen molar-refractivity contribution in [2.24, 2.45) is 0 Å². The summed E-state index contributed by atoms with van der Waals surface area (Å²) in [5, 5.41) is 8.66. The van der Waals surface area contributed by atoms with Gasteiger partial charge in [-0.25, -0.2) is 0 Å². The molecule has 1 aliphatic rings. The Kier molecular flexibility index (Phi) is 4.35. The van der Waals surface area contributed by atoms with Crippen LogP contribution in [0.5, 0.6) is 0 Å². The molecule has 0 bridgehead atoms. The van der Waals surface area contributed by atoms with Gasteiger partial charge in [0.05, 0.1) is 18.8 Å². The summed E-state index contributed by atoms with van der Waals surface area (Å²) in [5.41, 5.74) is 1.06. The summed E-state index contributed by atoms with van der Waals surface area (Å²) in [4.78, 5) is 0. The molecule has 0 aliphatic carbocycles. The Morgan fingerprint density at radius 2 is 2.17 bits per heavy atom. The van der Waals surface area contributed by atoms with Gasteiger partial charge in [0, 0.05) is 18.4 Å². The maximum absolute atomic E-state index is 8.66. The highest BCUT2D eigenvalue weighted by molar-refractivity contribution is 5.20. The van der Waals surface area contributed by atoms with Gasteiger partial charge in [-0.1, -0.05) is 37.3 Å². The van der Waals surface area contributed by atoms with Crippen molar-refractivity contribution >= 4 is 0 Å². The molecule has 1 aromatic carbocycles. The monoisotopic (exact) mass is 245 g/mol. The second kappa shape index (κ2) is 5.99. The molecule has 1 aliphatic heterocycles. The Labute approximate surface area is 108 Å². The smallest absolute Gasteiger partial charge is 0.194 e. The van der Waals surface area contributed by atoms with E-state index in [9.17, 15) is 0 Å². The van der Waals surface area contributed by atoms with Gasteiger partial charge in [0.25, 0.3) is 0 Å². The van der Waals surface area contributed by atoms with E-state index in [1.54, 1.807) is 0 Å². The maximum atomic E-state index is 8.66. The predicted molar refractivity (Wildman–Crippen MR) is 68.7 cm³/mol. The summed E-state index contributed by atoms with van der Waals surface area (Å²) >= 11 is 0. The highest BCUT2D eigenvalue weighted by atomic mass is 16.7. The van der Waals surface area contributed by atoms with Gasteiger partial charge >= 0.3 is 0 Å². The number of hydrogen-bond acceptors (Lipinski definition) is 3. The van der Waals surface area contributed by atoms with E-state index < -0.39 is 5.79 Å². The van der Waals surface area contributed by atoms with E-state index in [1.165, 1.54) is 0 Å². The Hall–Kier alpha value is -1.37. The van der Waals surface area contributed by atoms with Crippen LogP contribution in [0.3, 0.4) is 0 Å². The van der Waals surface area contributed by atoms with Crippen LogP contribution in [0, 0.1) is 11.3 Å². The summed E-state index contributed by atoms with van der Waals surface area (Å²) in [5.74, 6) is -0.625. The fourth-order valence-corrected chi connectivity index (χ4v) is 2.38. The SMILES string of the molecule is CC[C@@]1(c2ccccc2)OCC[C@@H](CCC#N)O1. The summed E-state index contributed by atoms with van der Waals surface area (Å²) in [6, 6.07) is 12.2. The molecule has 0 spiro atoms. The molecular formula is C15H19NO2. The van der Waals surface area contributed by atoms with Crippen molar-refractivity contribution in [3.05, 3.63) is 35.9 Å². The molecule has 0 amide bonds. The zero-order valence-corrected chi connectivity index (χ0v) is 10.8. The van der Waals surface area contributed by atoms with Gasteiger partial charge in [-0.2, -0.15) is 5.26 Å². The first-order valence-corrected chi connectivity index (χ1v) is 6.55. The van der Waals surface area contributed by atoms with E-state index in [1.807, 2.05) is 30.3 Å². The fourth-order valence-electron chi connectivity index (χ4n) is 2.38. The average molecular weight is 245 g/mol. The third kappa shape index (κ3) is 2.72. The van der Waals surface area contributed by atoms with Crippen LogP contribution in [0.2, 0.25) is 0 Å². The molecule has 3 heteroatoms. The Balaban J connectivity index is 2.15. The number of rotatable bonds is 4. The quantitative estimate of drug-likeness (QED) is 0.816. The third-order valence-electron chi connectivity index (χ3n) is 3.39. The minimum atomic E-state index is -0.625. The van der Waals surface area contributed by atoms with E-state index in [2.05, 4.69) is 13.0 Å². The van der Waals surface area contributed by atoms with Crippen LogP contribution >= 0.6 is 0 Å². The average Bonchev–Trinajstić information content (AvgIpc) is 2.46. The van der Waals surface area contributed by atoms with Gasteiger partial charge in [-0.3, -0.25) is 0 Å². The minimum absolute atomic E-state index is 0.124. The Morgan fingerprint density at radius 3 is 2.83 bits per heavy atom. The van der Waals surface area contributed by atoms with Crippen LogP contribution in [0.4, 0.5) is 0 Å². The first-order chi connectivity index (χ1) is 8.80. The van der Waals surface area contributed by atoms with Gasteiger partial charge in [0.15, 0.2) is 5.79 Å². The lowest BCUT2D eigenvalue weighted by Crippen LogP contribution is -2.42. The van der Waals surface area contributed by atoms with E-state index >= 15 is 0 Å². The molecule has 0 radical (unpaired) electrons. The highest BCUT2D eigenvalue weighted by Crippen LogP contribution is 2.37. The molecule has 0 N–H and O–H groups in total. The zero-order chi connectivity index (χ0) is 12.8. The topological polar surface area (TPSA) is 42.2 Å². The molecule has 0 unspecified atom stereocenters. The molecule has 96 valence electrons. The van der Waals surface area contributed by atoms with Crippen LogP contribution in [0.15, 0.2) is 30.3 Å². The molecule has 2 atom stereocenters. The molecule has 18 heavy (non-hydrogen) atoms. The van der Waals surface area contributed by atoms with Gasteiger partial charge in [-0.05, 0) is 12.8 Å². The molecular weight excluding hydrogens is 226 g/mol. The van der Waals surface area contributed by atoms with Crippen LogP contribution in [0.25, 0.3) is 0 Å². The summed E-state index contributed by atoms with van der Waals surface area (Å²) < 4.78 is 12.0. The molecule has 2 rings (SSSR count). The van der Waals surface area contributed by atoms with Crippen LogP contribution in [0.1, 0.15) is 38.2 Å². The maximum Gasteiger partial charge on any atom is 0.194 e. The summed E-state index contributed by atoms with van der Waals surface area (Å²) in [6.07, 6.45) is 3.10. The van der Waals surface area contributed by atoms with E-state index in [0.717, 1.165) is 24.8 Å². The molecule has 1 fully saturated rings. The van der Waals surface area contributed by atoms with Crippen molar-refractivity contribution in [1.29, 1.82) is 5.26 Å². The molecule has 0 saturated carbocycles. The third-order valence-corrected chi connectivity index (χ3v) is 3.39. The number of nitrogens with zero attached hydrogens (tertiary/aromatic N) is 1. The Bertz CT molecular complexity index is 412. The fraction of sp³-hybridized carbons (Fsp3) is 0.533. The summed E-state index contributed by atoms with van der Waals surface area (Å²) in [7, 11) is 0. The van der Waals surface area contributed by atoms with E-state index in [-0.39, 0.29) is 6.10 Å². The summed E-state index contributed by atoms with van der Waals surface area (Å²) in [6.45, 7) is 2.76. The van der Waals surface area contributed by atoms with Gasteiger partial charge < -0.3 is 9.47 Å². The second-order valence-electron chi connectivity index (χ2n) is 4.55. The zero-order valence-electron chi connectivity index (χ0n) is 10.8. The lowest BCUT2D eigenvalue weighted by Gasteiger charge is -2.41. The molecule has 1 heterocycles. The van der Waals surface area contributed by atoms with Gasteiger partial charge in [0.1, 0.15) is 0 Å². The van der Waals surface area contributed by atoms with Crippen LogP contribution in [-0.4, -0.2) is 12.7 Å². The minimum Gasteiger partial charge on any atom is -0.346 e. The van der Waals surface area contributed by atoms with Crippen molar-refractivity contribution in [2.75, 3.05) is 6.61 Å². The van der Waals surface area contributed by atoms with Gasteiger partial charge in [-0.15, -0.1) is 0 Å². The number of hydrogen-bond donors (Lipinski definition) is 0. The normalized spacial score (nSPS) is 27.7. The predicted octanol–water partition coefficient (Wildman–Crippen LogP) is 3.36. The number of benzene rings is 1. The largest absolute Gasteiger partial charge is 0.346 e. The highest BCUT2D eigenvalue weighted by Gasteiger charge is 2.38. The second-order valence-corrected chi connectivity index (χ2v) is 4.55. The number of ether oxygens (including phenoxy) is 2. The Morgan fingerprint density at radius 1 is 1.39 bits per heavy atom. The van der Waals surface area contributed by atoms with Crippen molar-refractivity contribution < 1.29 is 9.47 Å². The molecule has 1 saturated heterocycles. The molecule has 0 aromatic heterocycles. The number of nitriles is 1. The lowest BCUT2D eigenvalue weighted by atomic mass is 10.00. The molecule has 1 aromatic rings. The van der Waals surface area contributed by atoms with Crippen molar-refractivity contribution in [3.8, 4) is 6.07 Å². The van der Waals surface area contributed by atoms with Crippen LogP contribution in [-0.2, 0) is 15.3 Å². The van der Waals surface area contributed by atoms with Crippen molar-refractivity contribution in [2.45, 2.75) is 44.5 Å². The standard InChI is InChI=1S/C15H19NO2/c1-2-15(13-7-4-3-5-8-13)17-12-10-14(18-15)9-6-11-16/h3-5,7-8,14H,2,6,9-10,12H2,1H3/t14-,15-/m1/s1.